The molecule has 1 amide bonds. The first-order valence-corrected chi connectivity index (χ1v) is 8.77. The summed E-state index contributed by atoms with van der Waals surface area (Å²) in [5, 5.41) is 10.2. The van der Waals surface area contributed by atoms with Crippen LogP contribution in [0.1, 0.15) is 10.4 Å². The number of carboxylic acids is 1. The van der Waals surface area contributed by atoms with Gasteiger partial charge in [-0.15, -0.1) is 11.3 Å². The molecule has 1 aliphatic heterocycles. The first-order valence-electron chi connectivity index (χ1n) is 6.45. The third-order valence-electron chi connectivity index (χ3n) is 3.28. The van der Waals surface area contributed by atoms with Gasteiger partial charge in [0, 0.05) is 38.7 Å². The number of methoxy groups -OCH3 is 1. The van der Waals surface area contributed by atoms with Crippen LogP contribution in [0.25, 0.3) is 0 Å². The molecule has 8 nitrogen and oxygen atoms in total. The number of carboxylic acid groups (broad SMARTS) is 1. The van der Waals surface area contributed by atoms with Crippen molar-refractivity contribution in [2.75, 3.05) is 39.9 Å². The van der Waals surface area contributed by atoms with Crippen LogP contribution in [0, 0.1) is 0 Å². The normalized spacial score (nSPS) is 16.7. The molecule has 0 radical (unpaired) electrons. The van der Waals surface area contributed by atoms with Crippen LogP contribution < -0.4 is 0 Å². The lowest BCUT2D eigenvalue weighted by Crippen LogP contribution is -2.51. The van der Waals surface area contributed by atoms with Gasteiger partial charge < -0.3 is 14.7 Å². The number of nitrogens with zero attached hydrogens (tertiary/aromatic N) is 2. The van der Waals surface area contributed by atoms with Crippen molar-refractivity contribution in [2.24, 2.45) is 0 Å². The predicted octanol–water partition coefficient (Wildman–Crippen LogP) is -0.0744. The molecule has 10 heteroatoms. The van der Waals surface area contributed by atoms with E-state index in [0.29, 0.717) is 13.1 Å². The molecule has 0 saturated carbocycles. The van der Waals surface area contributed by atoms with Crippen LogP contribution in [0.4, 0.5) is 0 Å². The third kappa shape index (κ3) is 3.46. The van der Waals surface area contributed by atoms with Gasteiger partial charge in [-0.3, -0.25) is 4.79 Å². The highest BCUT2D eigenvalue weighted by atomic mass is 32.2. The molecule has 0 aromatic carbocycles. The summed E-state index contributed by atoms with van der Waals surface area (Å²) in [6, 6.07) is 1.16. The third-order valence-corrected chi connectivity index (χ3v) is 6.59. The van der Waals surface area contributed by atoms with Crippen LogP contribution in [-0.4, -0.2) is 74.5 Å². The maximum Gasteiger partial charge on any atom is 0.336 e. The molecule has 1 aliphatic rings. The predicted molar refractivity (Wildman–Crippen MR) is 78.5 cm³/mol. The van der Waals surface area contributed by atoms with Crippen molar-refractivity contribution in [3.8, 4) is 0 Å². The van der Waals surface area contributed by atoms with Gasteiger partial charge in [0.1, 0.15) is 10.8 Å². The minimum atomic E-state index is -3.72. The average molecular weight is 348 g/mol. The number of ether oxygens (including phenoxy) is 1. The van der Waals surface area contributed by atoms with Crippen LogP contribution in [0.3, 0.4) is 0 Å². The Morgan fingerprint density at radius 2 is 1.95 bits per heavy atom. The van der Waals surface area contributed by atoms with E-state index >= 15 is 0 Å². The smallest absolute Gasteiger partial charge is 0.336 e. The number of piperazine rings is 1. The molecule has 2 rings (SSSR count). The van der Waals surface area contributed by atoms with E-state index in [9.17, 15) is 18.0 Å². The lowest BCUT2D eigenvalue weighted by Gasteiger charge is -2.33. The van der Waals surface area contributed by atoms with Crippen LogP contribution in [0.2, 0.25) is 0 Å². The minimum absolute atomic E-state index is 0.00145. The Bertz CT molecular complexity index is 661. The number of carbonyl (C=O) groups is 2. The van der Waals surface area contributed by atoms with Gasteiger partial charge in [-0.05, 0) is 6.07 Å². The standard InChI is InChI=1S/C12H16N2O6S2/c1-20-7-10(15)13-2-4-14(5-3-13)22(18,19)11-6-9(8-21-11)12(16)17/h6,8H,2-5,7H2,1H3,(H,16,17). The first-order chi connectivity index (χ1) is 10.4. The monoisotopic (exact) mass is 348 g/mol. The van der Waals surface area contributed by atoms with Crippen LogP contribution in [-0.2, 0) is 19.6 Å². The van der Waals surface area contributed by atoms with Crippen LogP contribution in [0.5, 0.6) is 0 Å². The highest BCUT2D eigenvalue weighted by Crippen LogP contribution is 2.24. The average Bonchev–Trinajstić information content (AvgIpc) is 2.98. The SMILES string of the molecule is COCC(=O)N1CCN(S(=O)(=O)c2cc(C(=O)O)cs2)CC1. The lowest BCUT2D eigenvalue weighted by molar-refractivity contribution is -0.136. The van der Waals surface area contributed by atoms with E-state index < -0.39 is 16.0 Å². The van der Waals surface area contributed by atoms with Crippen molar-refractivity contribution < 1.29 is 27.9 Å². The van der Waals surface area contributed by atoms with Crippen molar-refractivity contribution in [3.63, 3.8) is 0 Å². The van der Waals surface area contributed by atoms with E-state index in [1.807, 2.05) is 0 Å². The van der Waals surface area contributed by atoms with Crippen LogP contribution in [0.15, 0.2) is 15.7 Å². The van der Waals surface area contributed by atoms with Gasteiger partial charge in [0.25, 0.3) is 10.0 Å². The molecule has 1 aromatic heterocycles. The zero-order chi connectivity index (χ0) is 16.3. The van der Waals surface area contributed by atoms with E-state index in [-0.39, 0.29) is 35.4 Å². The molecule has 2 heterocycles. The summed E-state index contributed by atoms with van der Waals surface area (Å²) in [6.45, 7) is 0.910. The Labute approximate surface area is 131 Å². The second-order valence-electron chi connectivity index (χ2n) is 4.68. The number of hydrogen-bond donors (Lipinski definition) is 1. The zero-order valence-electron chi connectivity index (χ0n) is 11.9. The number of carbonyl (C=O) groups excluding carboxylic acids is 1. The van der Waals surface area contributed by atoms with E-state index in [2.05, 4.69) is 0 Å². The second-order valence-corrected chi connectivity index (χ2v) is 7.75. The van der Waals surface area contributed by atoms with Crippen LogP contribution >= 0.6 is 11.3 Å². The van der Waals surface area contributed by atoms with Gasteiger partial charge in [0.15, 0.2) is 0 Å². The molecule has 1 N–H and O–H groups in total. The van der Waals surface area contributed by atoms with Gasteiger partial charge in [-0.2, -0.15) is 4.31 Å². The molecular formula is C12H16N2O6S2. The molecule has 1 fully saturated rings. The molecule has 0 unspecified atom stereocenters. The van der Waals surface area contributed by atoms with Crippen molar-refractivity contribution in [1.29, 1.82) is 0 Å². The molecule has 0 aliphatic carbocycles. The summed E-state index contributed by atoms with van der Waals surface area (Å²) in [4.78, 5) is 24.1. The van der Waals surface area contributed by atoms with Crippen molar-refractivity contribution in [1.82, 2.24) is 9.21 Å². The van der Waals surface area contributed by atoms with E-state index in [1.54, 1.807) is 4.90 Å². The van der Waals surface area contributed by atoms with Gasteiger partial charge in [0.05, 0.1) is 5.56 Å². The first kappa shape index (κ1) is 16.9. The Morgan fingerprint density at radius 1 is 1.32 bits per heavy atom. The summed E-state index contributed by atoms with van der Waals surface area (Å²) in [6.07, 6.45) is 0. The quantitative estimate of drug-likeness (QED) is 0.798. The van der Waals surface area contributed by atoms with Crippen molar-refractivity contribution in [3.05, 3.63) is 17.0 Å². The lowest BCUT2D eigenvalue weighted by atomic mass is 10.3. The van der Waals surface area contributed by atoms with Gasteiger partial charge in [-0.25, -0.2) is 13.2 Å². The topological polar surface area (TPSA) is 104 Å². The van der Waals surface area contributed by atoms with Gasteiger partial charge >= 0.3 is 5.97 Å². The molecule has 0 atom stereocenters. The molecule has 1 saturated heterocycles. The molecular weight excluding hydrogens is 332 g/mol. The minimum Gasteiger partial charge on any atom is -0.478 e. The number of thiophene rings is 1. The van der Waals surface area contributed by atoms with E-state index in [1.165, 1.54) is 16.8 Å². The number of rotatable bonds is 5. The van der Waals surface area contributed by atoms with E-state index in [4.69, 9.17) is 9.84 Å². The number of amides is 1. The molecule has 0 bridgehead atoms. The maximum absolute atomic E-state index is 12.4. The number of hydrogen-bond acceptors (Lipinski definition) is 6. The Morgan fingerprint density at radius 3 is 2.45 bits per heavy atom. The summed E-state index contributed by atoms with van der Waals surface area (Å²) in [5.41, 5.74) is -0.0440. The molecule has 122 valence electrons. The zero-order valence-corrected chi connectivity index (χ0v) is 13.5. The molecule has 0 spiro atoms. The van der Waals surface area contributed by atoms with Gasteiger partial charge in [-0.1, -0.05) is 0 Å². The number of sulfonamides is 1. The summed E-state index contributed by atoms with van der Waals surface area (Å²) >= 11 is 0.883. The van der Waals surface area contributed by atoms with E-state index in [0.717, 1.165) is 17.4 Å². The maximum atomic E-state index is 12.4. The second kappa shape index (κ2) is 6.73. The molecule has 22 heavy (non-hydrogen) atoms. The number of aromatic carboxylic acids is 1. The Hall–Kier alpha value is -1.49. The highest BCUT2D eigenvalue weighted by Gasteiger charge is 2.31. The van der Waals surface area contributed by atoms with Gasteiger partial charge in [0.2, 0.25) is 5.91 Å². The fourth-order valence-electron chi connectivity index (χ4n) is 2.08. The Kier molecular flexibility index (Phi) is 5.16. The summed E-state index contributed by atoms with van der Waals surface area (Å²) < 4.78 is 30.9. The highest BCUT2D eigenvalue weighted by molar-refractivity contribution is 7.91. The fourth-order valence-corrected chi connectivity index (χ4v) is 4.81. The summed E-state index contributed by atoms with van der Waals surface area (Å²) in [5.74, 6) is -1.34. The van der Waals surface area contributed by atoms with Crippen molar-refractivity contribution in [2.45, 2.75) is 4.21 Å². The van der Waals surface area contributed by atoms with Crippen molar-refractivity contribution >= 4 is 33.2 Å². The molecule has 1 aromatic rings. The fraction of sp³-hybridized carbons (Fsp3) is 0.500. The largest absolute Gasteiger partial charge is 0.478 e. The Balaban J connectivity index is 2.06. The summed E-state index contributed by atoms with van der Waals surface area (Å²) in [7, 11) is -2.29.